The van der Waals surface area contributed by atoms with Crippen LogP contribution in [0.15, 0.2) is 29.2 Å². The Hall–Kier alpha value is -1.60. The Morgan fingerprint density at radius 1 is 1.08 bits per heavy atom. The van der Waals surface area contributed by atoms with Gasteiger partial charge in [0.1, 0.15) is 11.8 Å². The Balaban J connectivity index is 1.78. The molecule has 3 rings (SSSR count). The van der Waals surface area contributed by atoms with E-state index in [-0.39, 0.29) is 10.8 Å². The Morgan fingerprint density at radius 3 is 2.32 bits per heavy atom. The number of likely N-dealkylation sites (tertiary alicyclic amines) is 1. The number of carbonyl (C=O) groups excluding carboxylic acids is 1. The van der Waals surface area contributed by atoms with Crippen molar-refractivity contribution in [1.82, 2.24) is 9.21 Å². The number of benzene rings is 1. The predicted octanol–water partition coefficient (Wildman–Crippen LogP) is 2.11. The first kappa shape index (κ1) is 18.2. The lowest BCUT2D eigenvalue weighted by Gasteiger charge is -2.34. The van der Waals surface area contributed by atoms with Crippen LogP contribution in [0.3, 0.4) is 0 Å². The van der Waals surface area contributed by atoms with Crippen molar-refractivity contribution in [3.05, 3.63) is 24.3 Å². The lowest BCUT2D eigenvalue weighted by molar-refractivity contribution is -0.135. The number of methoxy groups -OCH3 is 1. The molecule has 1 amide bonds. The Bertz CT molecular complexity index is 709. The number of piperidine rings is 1. The minimum Gasteiger partial charge on any atom is -0.497 e. The molecule has 2 fully saturated rings. The first-order chi connectivity index (χ1) is 11.9. The molecule has 0 saturated carbocycles. The third kappa shape index (κ3) is 3.67. The zero-order valence-electron chi connectivity index (χ0n) is 14.8. The molecule has 1 aromatic rings. The quantitative estimate of drug-likeness (QED) is 0.818. The highest BCUT2D eigenvalue weighted by molar-refractivity contribution is 7.89. The summed E-state index contributed by atoms with van der Waals surface area (Å²) in [6, 6.07) is 5.77. The van der Waals surface area contributed by atoms with Gasteiger partial charge in [0.2, 0.25) is 15.9 Å². The zero-order chi connectivity index (χ0) is 18.0. The van der Waals surface area contributed by atoms with E-state index >= 15 is 0 Å². The van der Waals surface area contributed by atoms with Gasteiger partial charge in [-0.05, 0) is 55.9 Å². The second-order valence-corrected chi connectivity index (χ2v) is 8.85. The minimum absolute atomic E-state index is 0.0403. The van der Waals surface area contributed by atoms with Gasteiger partial charge >= 0.3 is 0 Å². The topological polar surface area (TPSA) is 66.9 Å². The number of carbonyl (C=O) groups is 1. The van der Waals surface area contributed by atoms with E-state index in [0.717, 1.165) is 32.4 Å². The number of hydrogen-bond acceptors (Lipinski definition) is 4. The SMILES string of the molecule is COc1ccc(S(=O)(=O)N2CCCC2C(=O)N2CCC(C)CC2)cc1. The maximum atomic E-state index is 13.0. The van der Waals surface area contributed by atoms with E-state index in [4.69, 9.17) is 4.74 Å². The van der Waals surface area contributed by atoms with E-state index in [1.807, 2.05) is 4.90 Å². The molecule has 1 unspecified atom stereocenters. The second-order valence-electron chi connectivity index (χ2n) is 6.96. The summed E-state index contributed by atoms with van der Waals surface area (Å²) in [7, 11) is -2.14. The van der Waals surface area contributed by atoms with Gasteiger partial charge in [-0.2, -0.15) is 4.31 Å². The summed E-state index contributed by atoms with van der Waals surface area (Å²) in [5, 5.41) is 0. The van der Waals surface area contributed by atoms with E-state index in [9.17, 15) is 13.2 Å². The molecule has 0 N–H and O–H groups in total. The Morgan fingerprint density at radius 2 is 1.72 bits per heavy atom. The average Bonchev–Trinajstić information content (AvgIpc) is 3.12. The monoisotopic (exact) mass is 366 g/mol. The van der Waals surface area contributed by atoms with Crippen molar-refractivity contribution in [3.8, 4) is 5.75 Å². The lowest BCUT2D eigenvalue weighted by Crippen LogP contribution is -2.49. The van der Waals surface area contributed by atoms with Crippen LogP contribution in [0.1, 0.15) is 32.6 Å². The minimum atomic E-state index is -3.68. The molecule has 2 heterocycles. The van der Waals surface area contributed by atoms with Gasteiger partial charge in [-0.3, -0.25) is 4.79 Å². The molecule has 2 aliphatic rings. The maximum absolute atomic E-state index is 13.0. The van der Waals surface area contributed by atoms with Crippen LogP contribution in [-0.4, -0.2) is 56.3 Å². The van der Waals surface area contributed by atoms with Crippen molar-refractivity contribution in [2.45, 2.75) is 43.5 Å². The van der Waals surface area contributed by atoms with Crippen LogP contribution in [0, 0.1) is 5.92 Å². The van der Waals surface area contributed by atoms with Gasteiger partial charge in [0.15, 0.2) is 0 Å². The fourth-order valence-corrected chi connectivity index (χ4v) is 5.25. The van der Waals surface area contributed by atoms with Crippen LogP contribution in [0.5, 0.6) is 5.75 Å². The number of amides is 1. The third-order valence-corrected chi connectivity index (χ3v) is 7.17. The predicted molar refractivity (Wildman–Crippen MR) is 94.9 cm³/mol. The van der Waals surface area contributed by atoms with Crippen LogP contribution in [0.4, 0.5) is 0 Å². The van der Waals surface area contributed by atoms with E-state index in [1.54, 1.807) is 12.1 Å². The smallest absolute Gasteiger partial charge is 0.243 e. The van der Waals surface area contributed by atoms with Crippen LogP contribution in [0.2, 0.25) is 0 Å². The zero-order valence-corrected chi connectivity index (χ0v) is 15.7. The number of rotatable bonds is 4. The summed E-state index contributed by atoms with van der Waals surface area (Å²) in [5.74, 6) is 1.20. The van der Waals surface area contributed by atoms with Crippen molar-refractivity contribution < 1.29 is 17.9 Å². The number of ether oxygens (including phenoxy) is 1. The van der Waals surface area contributed by atoms with Crippen molar-refractivity contribution >= 4 is 15.9 Å². The molecule has 6 nitrogen and oxygen atoms in total. The standard InChI is InChI=1S/C18H26N2O4S/c1-14-9-12-19(13-10-14)18(21)17-4-3-11-20(17)25(22,23)16-7-5-15(24-2)6-8-16/h5-8,14,17H,3-4,9-13H2,1-2H3. The first-order valence-electron chi connectivity index (χ1n) is 8.88. The van der Waals surface area contributed by atoms with E-state index < -0.39 is 16.1 Å². The van der Waals surface area contributed by atoms with Crippen molar-refractivity contribution in [2.75, 3.05) is 26.7 Å². The van der Waals surface area contributed by atoms with Gasteiger partial charge < -0.3 is 9.64 Å². The largest absolute Gasteiger partial charge is 0.497 e. The van der Waals surface area contributed by atoms with Gasteiger partial charge in [-0.25, -0.2) is 8.42 Å². The highest BCUT2D eigenvalue weighted by Gasteiger charge is 2.41. The Labute approximate surface area is 149 Å². The summed E-state index contributed by atoms with van der Waals surface area (Å²) < 4.78 is 32.5. The molecule has 0 radical (unpaired) electrons. The molecule has 1 atom stereocenters. The van der Waals surface area contributed by atoms with Crippen LogP contribution >= 0.6 is 0 Å². The number of hydrogen-bond donors (Lipinski definition) is 0. The molecule has 2 aliphatic heterocycles. The van der Waals surface area contributed by atoms with Crippen LogP contribution in [-0.2, 0) is 14.8 Å². The van der Waals surface area contributed by atoms with Gasteiger partial charge in [-0.1, -0.05) is 6.92 Å². The summed E-state index contributed by atoms with van der Waals surface area (Å²) in [6.07, 6.45) is 3.30. The van der Waals surface area contributed by atoms with E-state index in [2.05, 4.69) is 6.92 Å². The molecule has 0 aromatic heterocycles. The van der Waals surface area contributed by atoms with Crippen molar-refractivity contribution in [3.63, 3.8) is 0 Å². The van der Waals surface area contributed by atoms with E-state index in [1.165, 1.54) is 23.5 Å². The molecule has 0 spiro atoms. The third-order valence-electron chi connectivity index (χ3n) is 5.25. The van der Waals surface area contributed by atoms with Gasteiger partial charge in [0, 0.05) is 19.6 Å². The lowest BCUT2D eigenvalue weighted by atomic mass is 9.98. The highest BCUT2D eigenvalue weighted by atomic mass is 32.2. The van der Waals surface area contributed by atoms with Crippen LogP contribution in [0.25, 0.3) is 0 Å². The van der Waals surface area contributed by atoms with E-state index in [0.29, 0.717) is 24.6 Å². The summed E-state index contributed by atoms with van der Waals surface area (Å²) in [4.78, 5) is 14.9. The molecular formula is C18H26N2O4S. The molecular weight excluding hydrogens is 340 g/mol. The van der Waals surface area contributed by atoms with Crippen molar-refractivity contribution in [2.24, 2.45) is 5.92 Å². The number of sulfonamides is 1. The number of nitrogens with zero attached hydrogens (tertiary/aromatic N) is 2. The summed E-state index contributed by atoms with van der Waals surface area (Å²) >= 11 is 0. The fraction of sp³-hybridized carbons (Fsp3) is 0.611. The molecule has 25 heavy (non-hydrogen) atoms. The molecule has 7 heteroatoms. The summed E-state index contributed by atoms with van der Waals surface area (Å²) in [6.45, 7) is 4.05. The molecule has 1 aromatic carbocycles. The van der Waals surface area contributed by atoms with Gasteiger partial charge in [0.05, 0.1) is 12.0 Å². The second kappa shape index (κ2) is 7.33. The average molecular weight is 366 g/mol. The molecule has 138 valence electrons. The maximum Gasteiger partial charge on any atom is 0.243 e. The molecule has 0 bridgehead atoms. The van der Waals surface area contributed by atoms with Crippen LogP contribution < -0.4 is 4.74 Å². The molecule has 2 saturated heterocycles. The Kier molecular flexibility index (Phi) is 5.34. The van der Waals surface area contributed by atoms with Crippen molar-refractivity contribution in [1.29, 1.82) is 0 Å². The van der Waals surface area contributed by atoms with Gasteiger partial charge in [0.25, 0.3) is 0 Å². The molecule has 0 aliphatic carbocycles. The van der Waals surface area contributed by atoms with Gasteiger partial charge in [-0.15, -0.1) is 0 Å². The fourth-order valence-electron chi connectivity index (χ4n) is 3.60. The highest BCUT2D eigenvalue weighted by Crippen LogP contribution is 2.29. The summed E-state index contributed by atoms with van der Waals surface area (Å²) in [5.41, 5.74) is 0. The normalized spacial score (nSPS) is 23.0. The first-order valence-corrected chi connectivity index (χ1v) is 10.3.